The fourth-order valence-electron chi connectivity index (χ4n) is 4.60. The molecule has 126 valence electrons. The van der Waals surface area contributed by atoms with E-state index in [-0.39, 0.29) is 11.9 Å². The lowest BCUT2D eigenvalue weighted by Crippen LogP contribution is -2.40. The van der Waals surface area contributed by atoms with Crippen LogP contribution in [0.25, 0.3) is 10.9 Å². The van der Waals surface area contributed by atoms with Crippen LogP contribution < -0.4 is 0 Å². The number of hydrogen-bond acceptors (Lipinski definition) is 1. The van der Waals surface area contributed by atoms with Gasteiger partial charge < -0.3 is 9.47 Å². The molecule has 0 unspecified atom stereocenters. The maximum atomic E-state index is 13.0. The Morgan fingerprint density at radius 1 is 1.04 bits per heavy atom. The number of rotatable bonds is 2. The standard InChI is InChI=1S/C21H26N2O/c1-14-15(2)21(24)23(16-9-5-4-6-10-16)20(14)18-13-22(3)19-12-8-7-11-17(18)19/h7-8,11-13,16,20H,4-6,9-10H2,1-3H3/t20-/m0/s1. The third kappa shape index (κ3) is 2.21. The molecule has 4 rings (SSSR count). The fourth-order valence-corrected chi connectivity index (χ4v) is 4.60. The van der Waals surface area contributed by atoms with Crippen molar-refractivity contribution in [2.24, 2.45) is 7.05 Å². The molecule has 0 N–H and O–H groups in total. The normalized spacial score (nSPS) is 22.9. The highest BCUT2D eigenvalue weighted by Gasteiger charge is 2.41. The van der Waals surface area contributed by atoms with E-state index < -0.39 is 0 Å². The van der Waals surface area contributed by atoms with Gasteiger partial charge in [-0.1, -0.05) is 37.5 Å². The van der Waals surface area contributed by atoms with Crippen LogP contribution in [-0.4, -0.2) is 21.4 Å². The number of hydrogen-bond donors (Lipinski definition) is 0. The van der Waals surface area contributed by atoms with Crippen LogP contribution in [0.4, 0.5) is 0 Å². The second kappa shape index (κ2) is 5.80. The molecule has 1 saturated carbocycles. The molecule has 1 aromatic carbocycles. The summed E-state index contributed by atoms with van der Waals surface area (Å²) in [4.78, 5) is 15.2. The first-order valence-corrected chi connectivity index (χ1v) is 9.13. The van der Waals surface area contributed by atoms with E-state index in [1.807, 2.05) is 6.92 Å². The van der Waals surface area contributed by atoms with E-state index in [1.54, 1.807) is 0 Å². The molecule has 1 fully saturated rings. The van der Waals surface area contributed by atoms with E-state index in [0.717, 1.165) is 18.4 Å². The van der Waals surface area contributed by atoms with Crippen LogP contribution in [0.2, 0.25) is 0 Å². The van der Waals surface area contributed by atoms with Crippen LogP contribution in [0.1, 0.15) is 57.6 Å². The second-order valence-corrected chi connectivity index (χ2v) is 7.43. The Kier molecular flexibility index (Phi) is 3.75. The highest BCUT2D eigenvalue weighted by atomic mass is 16.2. The summed E-state index contributed by atoms with van der Waals surface area (Å²) >= 11 is 0. The van der Waals surface area contributed by atoms with Gasteiger partial charge in [0.2, 0.25) is 0 Å². The number of aryl methyl sites for hydroxylation is 1. The lowest BCUT2D eigenvalue weighted by atomic mass is 9.91. The molecule has 3 nitrogen and oxygen atoms in total. The minimum atomic E-state index is 0.103. The highest BCUT2D eigenvalue weighted by molar-refractivity contribution is 5.98. The van der Waals surface area contributed by atoms with E-state index in [4.69, 9.17) is 0 Å². The summed E-state index contributed by atoms with van der Waals surface area (Å²) in [5.41, 5.74) is 4.68. The zero-order chi connectivity index (χ0) is 16.8. The molecule has 1 aliphatic carbocycles. The summed E-state index contributed by atoms with van der Waals surface area (Å²) in [5, 5.41) is 1.27. The van der Waals surface area contributed by atoms with Gasteiger partial charge in [-0.25, -0.2) is 0 Å². The van der Waals surface area contributed by atoms with Crippen molar-refractivity contribution in [1.29, 1.82) is 0 Å². The molecule has 1 aliphatic heterocycles. The Morgan fingerprint density at radius 3 is 2.50 bits per heavy atom. The summed E-state index contributed by atoms with van der Waals surface area (Å²) in [6, 6.07) is 9.02. The molecule has 0 spiro atoms. The Morgan fingerprint density at radius 2 is 1.75 bits per heavy atom. The van der Waals surface area contributed by atoms with Crippen LogP contribution in [0.15, 0.2) is 41.6 Å². The lowest BCUT2D eigenvalue weighted by Gasteiger charge is -2.36. The average Bonchev–Trinajstić information content (AvgIpc) is 3.05. The van der Waals surface area contributed by atoms with Crippen molar-refractivity contribution in [2.45, 2.75) is 58.0 Å². The van der Waals surface area contributed by atoms with E-state index in [1.165, 1.54) is 41.3 Å². The monoisotopic (exact) mass is 322 g/mol. The third-order valence-corrected chi connectivity index (χ3v) is 6.03. The number of aromatic nitrogens is 1. The van der Waals surface area contributed by atoms with Crippen LogP contribution in [0.3, 0.4) is 0 Å². The molecule has 1 aromatic heterocycles. The van der Waals surface area contributed by atoms with Crippen molar-refractivity contribution in [3.63, 3.8) is 0 Å². The summed E-state index contributed by atoms with van der Waals surface area (Å²) in [5.74, 6) is 0.248. The number of carbonyl (C=O) groups is 1. The quantitative estimate of drug-likeness (QED) is 0.784. The van der Waals surface area contributed by atoms with Crippen molar-refractivity contribution in [3.05, 3.63) is 47.2 Å². The van der Waals surface area contributed by atoms with E-state index in [9.17, 15) is 4.79 Å². The largest absolute Gasteiger partial charge is 0.350 e. The first-order chi connectivity index (χ1) is 11.6. The van der Waals surface area contributed by atoms with Gasteiger partial charge in [0.15, 0.2) is 0 Å². The molecule has 1 atom stereocenters. The number of nitrogens with zero attached hydrogens (tertiary/aromatic N) is 2. The van der Waals surface area contributed by atoms with Gasteiger partial charge in [-0.05, 0) is 38.3 Å². The Bertz CT molecular complexity index is 823. The number of fused-ring (bicyclic) bond motifs is 1. The van der Waals surface area contributed by atoms with E-state index in [0.29, 0.717) is 6.04 Å². The molecular formula is C21H26N2O. The van der Waals surface area contributed by atoms with Crippen LogP contribution >= 0.6 is 0 Å². The van der Waals surface area contributed by atoms with Gasteiger partial charge in [-0.15, -0.1) is 0 Å². The fraction of sp³-hybridized carbons (Fsp3) is 0.476. The summed E-state index contributed by atoms with van der Waals surface area (Å²) in [7, 11) is 2.10. The Hall–Kier alpha value is -2.03. The molecule has 0 radical (unpaired) electrons. The Balaban J connectivity index is 1.84. The molecule has 2 heterocycles. The molecule has 3 heteroatoms. The lowest BCUT2D eigenvalue weighted by molar-refractivity contribution is -0.130. The van der Waals surface area contributed by atoms with Gasteiger partial charge in [-0.3, -0.25) is 4.79 Å². The molecule has 2 aliphatic rings. The van der Waals surface area contributed by atoms with Gasteiger partial charge in [-0.2, -0.15) is 0 Å². The van der Waals surface area contributed by atoms with E-state index >= 15 is 0 Å². The maximum Gasteiger partial charge on any atom is 0.250 e. The molecule has 1 amide bonds. The number of carbonyl (C=O) groups excluding carboxylic acids is 1. The first kappa shape index (κ1) is 15.5. The van der Waals surface area contributed by atoms with Gasteiger partial charge in [0, 0.05) is 41.3 Å². The summed E-state index contributed by atoms with van der Waals surface area (Å²) < 4.78 is 2.19. The van der Waals surface area contributed by atoms with Crippen LogP contribution in [0.5, 0.6) is 0 Å². The number of amides is 1. The molecule has 2 aromatic rings. The maximum absolute atomic E-state index is 13.0. The van der Waals surface area contributed by atoms with Gasteiger partial charge in [0.1, 0.15) is 0 Å². The zero-order valence-electron chi connectivity index (χ0n) is 14.9. The predicted molar refractivity (Wildman–Crippen MR) is 97.8 cm³/mol. The third-order valence-electron chi connectivity index (χ3n) is 6.03. The minimum absolute atomic E-state index is 0.103. The first-order valence-electron chi connectivity index (χ1n) is 9.13. The number of para-hydroxylation sites is 1. The second-order valence-electron chi connectivity index (χ2n) is 7.43. The van der Waals surface area contributed by atoms with Crippen molar-refractivity contribution < 1.29 is 4.79 Å². The van der Waals surface area contributed by atoms with E-state index in [2.05, 4.69) is 53.9 Å². The van der Waals surface area contributed by atoms with Crippen molar-refractivity contribution in [3.8, 4) is 0 Å². The summed E-state index contributed by atoms with van der Waals surface area (Å²) in [6.45, 7) is 4.14. The molecule has 24 heavy (non-hydrogen) atoms. The summed E-state index contributed by atoms with van der Waals surface area (Å²) in [6.07, 6.45) is 8.31. The van der Waals surface area contributed by atoms with Crippen LogP contribution in [-0.2, 0) is 11.8 Å². The molecular weight excluding hydrogens is 296 g/mol. The smallest absolute Gasteiger partial charge is 0.250 e. The minimum Gasteiger partial charge on any atom is -0.350 e. The average molecular weight is 322 g/mol. The van der Waals surface area contributed by atoms with Crippen LogP contribution in [0, 0.1) is 0 Å². The van der Waals surface area contributed by atoms with Gasteiger partial charge in [0.25, 0.3) is 5.91 Å². The Labute approximate surface area is 143 Å². The number of benzene rings is 1. The molecule has 0 bridgehead atoms. The topological polar surface area (TPSA) is 25.2 Å². The van der Waals surface area contributed by atoms with Gasteiger partial charge >= 0.3 is 0 Å². The van der Waals surface area contributed by atoms with Crippen molar-refractivity contribution in [1.82, 2.24) is 9.47 Å². The van der Waals surface area contributed by atoms with Crippen molar-refractivity contribution in [2.75, 3.05) is 0 Å². The highest BCUT2D eigenvalue weighted by Crippen LogP contribution is 2.44. The zero-order valence-corrected chi connectivity index (χ0v) is 14.9. The SMILES string of the molecule is CC1=C(C)[C@@H](c2cn(C)c3ccccc23)N(C2CCCCC2)C1=O. The van der Waals surface area contributed by atoms with Crippen molar-refractivity contribution >= 4 is 16.8 Å². The van der Waals surface area contributed by atoms with Gasteiger partial charge in [0.05, 0.1) is 6.04 Å². The predicted octanol–water partition coefficient (Wildman–Crippen LogP) is 4.73. The molecule has 0 saturated heterocycles.